The van der Waals surface area contributed by atoms with Crippen LogP contribution in [0.4, 0.5) is 35.3 Å². The number of anilines is 3. The second-order valence-electron chi connectivity index (χ2n) is 10.4. The summed E-state index contributed by atoms with van der Waals surface area (Å²) in [6, 6.07) is 5.70. The highest BCUT2D eigenvalue weighted by Crippen LogP contribution is 2.43. The third-order valence-corrected chi connectivity index (χ3v) is 7.34. The molecule has 0 unspecified atom stereocenters. The molecular formula is C27H26ClF3N6O4. The summed E-state index contributed by atoms with van der Waals surface area (Å²) in [4.78, 5) is 30.3. The minimum absolute atomic E-state index is 0.147. The number of aromatic nitrogens is 3. The van der Waals surface area contributed by atoms with E-state index in [2.05, 4.69) is 25.2 Å². The molecule has 0 saturated carbocycles. The molecule has 2 amide bonds. The molecule has 3 aromatic rings. The summed E-state index contributed by atoms with van der Waals surface area (Å²) < 4.78 is 57.1. The van der Waals surface area contributed by atoms with E-state index in [9.17, 15) is 18.0 Å². The molecule has 2 fully saturated rings. The van der Waals surface area contributed by atoms with Gasteiger partial charge < -0.3 is 19.1 Å². The number of carbonyl (C=O) groups excluding carboxylic acids is 1. The Kier molecular flexibility index (Phi) is 6.91. The van der Waals surface area contributed by atoms with E-state index in [1.807, 2.05) is 13.8 Å². The molecule has 3 aliphatic heterocycles. The van der Waals surface area contributed by atoms with Gasteiger partial charge in [0, 0.05) is 18.7 Å². The van der Waals surface area contributed by atoms with Gasteiger partial charge in [0.2, 0.25) is 5.88 Å². The van der Waals surface area contributed by atoms with Crippen molar-refractivity contribution in [1.82, 2.24) is 15.0 Å². The Labute approximate surface area is 238 Å². The molecule has 14 heteroatoms. The maximum Gasteiger partial charge on any atom is 0.416 e. The number of hydrogen-bond donors (Lipinski definition) is 1. The first-order chi connectivity index (χ1) is 19.5. The minimum atomic E-state index is -4.53. The fourth-order valence-electron chi connectivity index (χ4n) is 5.20. The van der Waals surface area contributed by atoms with Crippen LogP contribution in [0.25, 0.3) is 11.3 Å². The van der Waals surface area contributed by atoms with Crippen molar-refractivity contribution < 1.29 is 32.2 Å². The van der Waals surface area contributed by atoms with Gasteiger partial charge in [-0.2, -0.15) is 18.2 Å². The van der Waals surface area contributed by atoms with E-state index in [4.69, 9.17) is 25.8 Å². The molecular weight excluding hydrogens is 565 g/mol. The Morgan fingerprint density at radius 2 is 2.07 bits per heavy atom. The molecule has 3 aliphatic rings. The van der Waals surface area contributed by atoms with Crippen molar-refractivity contribution in [3.8, 4) is 17.1 Å². The predicted molar refractivity (Wildman–Crippen MR) is 144 cm³/mol. The molecule has 6 rings (SSSR count). The molecule has 2 atom stereocenters. The molecule has 1 aromatic carbocycles. The van der Waals surface area contributed by atoms with Gasteiger partial charge >= 0.3 is 12.2 Å². The van der Waals surface area contributed by atoms with E-state index in [0.29, 0.717) is 37.6 Å². The highest BCUT2D eigenvalue weighted by molar-refractivity contribution is 6.33. The zero-order valence-corrected chi connectivity index (χ0v) is 22.9. The third kappa shape index (κ3) is 5.61. The standard InChI is InChI=1S/C27H26ClF3N6O4/c1-26(2)40-14-18(41-26)13-39-22-11-32-10-21(33-22)34-25(38)37-17-6-7-36(12-17)20-9-19(28)23(35-24(20)37)15-4-3-5-16(8-15)27(29,30)31/h3-5,8-11,17-18H,6-7,12-14H2,1-2H3,(H,33,34,38)/t17-,18+/m0/s1. The first-order valence-electron chi connectivity index (χ1n) is 13.0. The second kappa shape index (κ2) is 10.3. The molecule has 41 heavy (non-hydrogen) atoms. The van der Waals surface area contributed by atoms with Crippen molar-refractivity contribution >= 4 is 35.0 Å². The van der Waals surface area contributed by atoms with Gasteiger partial charge in [0.15, 0.2) is 17.4 Å². The van der Waals surface area contributed by atoms with Crippen molar-refractivity contribution in [2.45, 2.75) is 44.4 Å². The van der Waals surface area contributed by atoms with Crippen LogP contribution >= 0.6 is 11.6 Å². The largest absolute Gasteiger partial charge is 0.474 e. The number of alkyl halides is 3. The van der Waals surface area contributed by atoms with Crippen LogP contribution in [0.3, 0.4) is 0 Å². The summed E-state index contributed by atoms with van der Waals surface area (Å²) >= 11 is 6.53. The van der Waals surface area contributed by atoms with Crippen LogP contribution < -0.4 is 19.9 Å². The molecule has 0 aliphatic carbocycles. The number of ether oxygens (including phenoxy) is 3. The molecule has 10 nitrogen and oxygen atoms in total. The normalized spacial score (nSPS) is 21.1. The van der Waals surface area contributed by atoms with Gasteiger partial charge in [0.1, 0.15) is 12.7 Å². The first-order valence-corrected chi connectivity index (χ1v) is 13.3. The molecule has 2 aromatic heterocycles. The number of benzene rings is 1. The summed E-state index contributed by atoms with van der Waals surface area (Å²) in [5, 5.41) is 2.94. The number of hydrogen-bond acceptors (Lipinski definition) is 8. The summed E-state index contributed by atoms with van der Waals surface area (Å²) in [6.45, 7) is 5.44. The lowest BCUT2D eigenvalue weighted by molar-refractivity contribution is -0.141. The van der Waals surface area contributed by atoms with E-state index in [0.717, 1.165) is 12.1 Å². The Balaban J connectivity index is 1.25. The summed E-state index contributed by atoms with van der Waals surface area (Å²) in [6.07, 6.45) is -1.31. The third-order valence-electron chi connectivity index (χ3n) is 7.05. The average molecular weight is 591 g/mol. The lowest BCUT2D eigenvalue weighted by atomic mass is 10.1. The first kappa shape index (κ1) is 27.5. The van der Waals surface area contributed by atoms with Gasteiger partial charge in [-0.3, -0.25) is 15.2 Å². The Morgan fingerprint density at radius 3 is 2.83 bits per heavy atom. The van der Waals surface area contributed by atoms with Crippen LogP contribution in [0.2, 0.25) is 5.02 Å². The molecule has 2 bridgehead atoms. The highest BCUT2D eigenvalue weighted by atomic mass is 35.5. The maximum absolute atomic E-state index is 13.6. The zero-order chi connectivity index (χ0) is 28.9. The van der Waals surface area contributed by atoms with Crippen LogP contribution in [-0.4, -0.2) is 65.2 Å². The predicted octanol–water partition coefficient (Wildman–Crippen LogP) is 5.37. The number of fused-ring (bicyclic) bond motifs is 4. The Morgan fingerprint density at radius 1 is 1.24 bits per heavy atom. The van der Waals surface area contributed by atoms with E-state index < -0.39 is 23.6 Å². The van der Waals surface area contributed by atoms with Crippen LogP contribution in [0, 0.1) is 0 Å². The van der Waals surface area contributed by atoms with Crippen molar-refractivity contribution in [2.24, 2.45) is 0 Å². The van der Waals surface area contributed by atoms with Gasteiger partial charge in [-0.1, -0.05) is 23.7 Å². The fourth-order valence-corrected chi connectivity index (χ4v) is 5.46. The van der Waals surface area contributed by atoms with E-state index in [-0.39, 0.29) is 46.7 Å². The van der Waals surface area contributed by atoms with Crippen molar-refractivity contribution in [3.63, 3.8) is 0 Å². The number of pyridine rings is 1. The summed E-state index contributed by atoms with van der Waals surface area (Å²) in [7, 11) is 0. The topological polar surface area (TPSA) is 102 Å². The number of amides is 2. The lowest BCUT2D eigenvalue weighted by Gasteiger charge is -2.36. The Bertz CT molecular complexity index is 1490. The fraction of sp³-hybridized carbons (Fsp3) is 0.407. The SMILES string of the molecule is CC1(C)OC[C@@H](COc2cncc(NC(=O)N3c4nc(-c5cccc(C(F)(F)F)c5)c(Cl)cc4N4CC[C@H]3C4)n2)O1. The molecule has 216 valence electrons. The van der Waals surface area contributed by atoms with Gasteiger partial charge in [0.05, 0.1) is 47.0 Å². The molecule has 1 N–H and O–H groups in total. The quantitative estimate of drug-likeness (QED) is 0.423. The van der Waals surface area contributed by atoms with Gasteiger partial charge in [-0.05, 0) is 38.5 Å². The van der Waals surface area contributed by atoms with Crippen molar-refractivity contribution in [1.29, 1.82) is 0 Å². The Hall–Kier alpha value is -3.68. The van der Waals surface area contributed by atoms with Crippen LogP contribution in [-0.2, 0) is 15.7 Å². The number of carbonyl (C=O) groups is 1. The number of rotatable bonds is 5. The minimum Gasteiger partial charge on any atom is -0.474 e. The molecule has 2 saturated heterocycles. The van der Waals surface area contributed by atoms with E-state index in [1.165, 1.54) is 29.4 Å². The summed E-state index contributed by atoms with van der Waals surface area (Å²) in [5.41, 5.74) is 0.143. The van der Waals surface area contributed by atoms with Gasteiger partial charge in [0.25, 0.3) is 0 Å². The molecule has 0 spiro atoms. The highest BCUT2D eigenvalue weighted by Gasteiger charge is 2.41. The number of urea groups is 1. The maximum atomic E-state index is 13.6. The smallest absolute Gasteiger partial charge is 0.416 e. The molecule has 0 radical (unpaired) electrons. The zero-order valence-electron chi connectivity index (χ0n) is 22.1. The van der Waals surface area contributed by atoms with Crippen molar-refractivity contribution in [2.75, 3.05) is 41.4 Å². The average Bonchev–Trinajstić information content (AvgIpc) is 3.50. The van der Waals surface area contributed by atoms with Gasteiger partial charge in [-0.15, -0.1) is 0 Å². The second-order valence-corrected chi connectivity index (χ2v) is 10.8. The number of nitrogens with one attached hydrogen (secondary N) is 1. The van der Waals surface area contributed by atoms with E-state index >= 15 is 0 Å². The molecule has 5 heterocycles. The van der Waals surface area contributed by atoms with Crippen molar-refractivity contribution in [3.05, 3.63) is 53.3 Å². The summed E-state index contributed by atoms with van der Waals surface area (Å²) in [5.74, 6) is -0.0335. The number of halogens is 4. The number of nitrogens with zero attached hydrogens (tertiary/aromatic N) is 5. The van der Waals surface area contributed by atoms with Crippen LogP contribution in [0.1, 0.15) is 25.8 Å². The van der Waals surface area contributed by atoms with E-state index in [1.54, 1.807) is 6.07 Å². The monoisotopic (exact) mass is 590 g/mol. The van der Waals surface area contributed by atoms with Crippen LogP contribution in [0.5, 0.6) is 5.88 Å². The van der Waals surface area contributed by atoms with Gasteiger partial charge in [-0.25, -0.2) is 9.78 Å². The van der Waals surface area contributed by atoms with Crippen LogP contribution in [0.15, 0.2) is 42.7 Å². The lowest BCUT2D eigenvalue weighted by Crippen LogP contribution is -2.48.